The largest absolute Gasteiger partial charge is 0.330 e. The van der Waals surface area contributed by atoms with Crippen LogP contribution in [0.3, 0.4) is 0 Å². The molecule has 4 aliphatic rings. The summed E-state index contributed by atoms with van der Waals surface area (Å²) in [6, 6.07) is 7.22. The zero-order valence-corrected chi connectivity index (χ0v) is 16.9. The highest BCUT2D eigenvalue weighted by molar-refractivity contribution is 5.87. The third kappa shape index (κ3) is 2.99. The number of hydrogen-bond acceptors (Lipinski definition) is 5. The van der Waals surface area contributed by atoms with Crippen molar-refractivity contribution in [3.05, 3.63) is 35.6 Å². The SMILES string of the molecule is C[C@@H](c1cccc(F)c1)N1C(=O)[C@@H]2C[C@H]1CN2CC(N)C(=O)N1C(C#N)C[C@@H]2C[C@@H]21. The average Bonchev–Trinajstić information content (AvgIpc) is 3.06. The van der Waals surface area contributed by atoms with Crippen molar-refractivity contribution in [2.24, 2.45) is 11.7 Å². The van der Waals surface area contributed by atoms with E-state index in [-0.39, 0.29) is 47.8 Å². The summed E-state index contributed by atoms with van der Waals surface area (Å²) in [5.41, 5.74) is 7.03. The highest BCUT2D eigenvalue weighted by atomic mass is 19.1. The molecule has 0 radical (unpaired) electrons. The lowest BCUT2D eigenvalue weighted by Crippen LogP contribution is -2.57. The Balaban J connectivity index is 1.24. The molecule has 7 atom stereocenters. The van der Waals surface area contributed by atoms with Gasteiger partial charge in [0.1, 0.15) is 11.9 Å². The number of nitrogens with two attached hydrogens (primary N) is 1. The second-order valence-corrected chi connectivity index (χ2v) is 9.13. The van der Waals surface area contributed by atoms with Crippen LogP contribution in [0.25, 0.3) is 0 Å². The number of nitrogens with zero attached hydrogens (tertiary/aromatic N) is 4. The summed E-state index contributed by atoms with van der Waals surface area (Å²) in [5.74, 6) is -0.0152. The molecule has 3 heterocycles. The van der Waals surface area contributed by atoms with Gasteiger partial charge >= 0.3 is 0 Å². The first-order chi connectivity index (χ1) is 14.4. The van der Waals surface area contributed by atoms with Crippen LogP contribution in [-0.2, 0) is 9.59 Å². The Hall–Kier alpha value is -2.50. The van der Waals surface area contributed by atoms with Gasteiger partial charge in [-0.25, -0.2) is 4.39 Å². The van der Waals surface area contributed by atoms with Crippen LogP contribution in [0.1, 0.15) is 37.8 Å². The molecule has 2 amide bonds. The van der Waals surface area contributed by atoms with E-state index in [0.717, 1.165) is 18.4 Å². The normalized spacial score (nSPS) is 34.1. The smallest absolute Gasteiger partial charge is 0.242 e. The Bertz CT molecular complexity index is 932. The number of carbonyl (C=O) groups excluding carboxylic acids is 2. The first kappa shape index (κ1) is 19.5. The number of hydrogen-bond donors (Lipinski definition) is 1. The summed E-state index contributed by atoms with van der Waals surface area (Å²) in [7, 11) is 0. The second kappa shape index (κ2) is 7.03. The number of piperidine rings is 1. The highest BCUT2D eigenvalue weighted by Gasteiger charge is 2.56. The molecule has 2 unspecified atom stereocenters. The minimum Gasteiger partial charge on any atom is -0.330 e. The maximum atomic E-state index is 13.6. The molecule has 30 heavy (non-hydrogen) atoms. The van der Waals surface area contributed by atoms with E-state index in [1.54, 1.807) is 11.0 Å². The number of carbonyl (C=O) groups is 2. The Morgan fingerprint density at radius 3 is 2.87 bits per heavy atom. The molecule has 2 bridgehead atoms. The molecule has 2 N–H and O–H groups in total. The van der Waals surface area contributed by atoms with Crippen LogP contribution in [0.2, 0.25) is 0 Å². The number of likely N-dealkylation sites (tertiary alicyclic amines) is 3. The second-order valence-electron chi connectivity index (χ2n) is 9.13. The summed E-state index contributed by atoms with van der Waals surface area (Å²) in [4.78, 5) is 31.5. The average molecular weight is 411 g/mol. The number of nitriles is 1. The quantitative estimate of drug-likeness (QED) is 0.781. The molecule has 1 aliphatic carbocycles. The van der Waals surface area contributed by atoms with Crippen molar-refractivity contribution in [2.75, 3.05) is 13.1 Å². The van der Waals surface area contributed by atoms with E-state index in [4.69, 9.17) is 5.73 Å². The fourth-order valence-corrected chi connectivity index (χ4v) is 5.74. The van der Waals surface area contributed by atoms with Gasteiger partial charge in [-0.1, -0.05) is 12.1 Å². The third-order valence-corrected chi connectivity index (χ3v) is 7.32. The first-order valence-electron chi connectivity index (χ1n) is 10.7. The van der Waals surface area contributed by atoms with Crippen molar-refractivity contribution >= 4 is 11.8 Å². The third-order valence-electron chi connectivity index (χ3n) is 7.32. The van der Waals surface area contributed by atoms with E-state index in [0.29, 0.717) is 25.4 Å². The molecule has 7 nitrogen and oxygen atoms in total. The van der Waals surface area contributed by atoms with Crippen LogP contribution < -0.4 is 5.73 Å². The van der Waals surface area contributed by atoms with Gasteiger partial charge in [-0.15, -0.1) is 0 Å². The maximum absolute atomic E-state index is 13.6. The molecule has 1 saturated carbocycles. The summed E-state index contributed by atoms with van der Waals surface area (Å²) >= 11 is 0. The van der Waals surface area contributed by atoms with Gasteiger partial charge in [0.25, 0.3) is 0 Å². The van der Waals surface area contributed by atoms with E-state index in [9.17, 15) is 19.2 Å². The summed E-state index contributed by atoms with van der Waals surface area (Å²) < 4.78 is 13.6. The number of halogens is 1. The van der Waals surface area contributed by atoms with Gasteiger partial charge in [0.05, 0.1) is 24.2 Å². The van der Waals surface area contributed by atoms with Crippen LogP contribution in [-0.4, -0.2) is 69.8 Å². The molecule has 8 heteroatoms. The van der Waals surface area contributed by atoms with Gasteiger partial charge in [0, 0.05) is 25.2 Å². The van der Waals surface area contributed by atoms with Gasteiger partial charge < -0.3 is 15.5 Å². The van der Waals surface area contributed by atoms with E-state index in [1.165, 1.54) is 12.1 Å². The Kier molecular flexibility index (Phi) is 4.56. The van der Waals surface area contributed by atoms with E-state index in [2.05, 4.69) is 6.07 Å². The lowest BCUT2D eigenvalue weighted by Gasteiger charge is -2.38. The van der Waals surface area contributed by atoms with Crippen LogP contribution >= 0.6 is 0 Å². The Labute approximate surface area is 175 Å². The molecule has 0 spiro atoms. The van der Waals surface area contributed by atoms with Crippen molar-refractivity contribution in [3.63, 3.8) is 0 Å². The standard InChI is InChI=1S/C22H26FN5O2/c1-12(13-3-2-4-15(23)5-13)27-17-8-20(22(27)30)26(10-17)11-18(25)21(29)28-16(9-24)6-14-7-19(14)28/h2-5,12,14,16-20H,6-8,10-11,25H2,1H3/t12-,14+,16?,17-,18?,19-,20-/m0/s1. The predicted molar refractivity (Wildman–Crippen MR) is 106 cm³/mol. The molecular formula is C22H26FN5O2. The molecule has 1 aromatic rings. The van der Waals surface area contributed by atoms with E-state index >= 15 is 0 Å². The molecule has 0 aromatic heterocycles. The fourth-order valence-electron chi connectivity index (χ4n) is 5.74. The lowest BCUT2D eigenvalue weighted by molar-refractivity contribution is -0.141. The molecule has 3 aliphatic heterocycles. The number of amides is 2. The van der Waals surface area contributed by atoms with Crippen LogP contribution in [0.15, 0.2) is 24.3 Å². The monoisotopic (exact) mass is 411 g/mol. The Morgan fingerprint density at radius 2 is 2.17 bits per heavy atom. The van der Waals surface area contributed by atoms with E-state index in [1.807, 2.05) is 22.8 Å². The maximum Gasteiger partial charge on any atom is 0.242 e. The van der Waals surface area contributed by atoms with Crippen LogP contribution in [0.4, 0.5) is 4.39 Å². The fraction of sp³-hybridized carbons (Fsp3) is 0.591. The zero-order valence-electron chi connectivity index (χ0n) is 16.9. The minimum absolute atomic E-state index is 0.0148. The van der Waals surface area contributed by atoms with Crippen LogP contribution in [0.5, 0.6) is 0 Å². The number of piperazine rings is 1. The Morgan fingerprint density at radius 1 is 1.37 bits per heavy atom. The zero-order chi connectivity index (χ0) is 21.2. The number of benzene rings is 1. The minimum atomic E-state index is -0.735. The first-order valence-corrected chi connectivity index (χ1v) is 10.7. The van der Waals surface area contributed by atoms with Crippen molar-refractivity contribution in [1.82, 2.24) is 14.7 Å². The number of fused-ring (bicyclic) bond motifs is 3. The summed E-state index contributed by atoms with van der Waals surface area (Å²) in [5, 5.41) is 9.33. The molecule has 158 valence electrons. The van der Waals surface area contributed by atoms with Gasteiger partial charge in [0.2, 0.25) is 11.8 Å². The topological polar surface area (TPSA) is 93.7 Å². The van der Waals surface area contributed by atoms with Crippen molar-refractivity contribution in [3.8, 4) is 6.07 Å². The molecule has 4 fully saturated rings. The lowest BCUT2D eigenvalue weighted by atomic mass is 10.1. The molecule has 5 rings (SSSR count). The van der Waals surface area contributed by atoms with Crippen molar-refractivity contribution in [1.29, 1.82) is 5.26 Å². The number of rotatable bonds is 5. The summed E-state index contributed by atoms with van der Waals surface area (Å²) in [6.07, 6.45) is 2.42. The molecule has 1 aromatic carbocycles. The van der Waals surface area contributed by atoms with Gasteiger partial charge in [-0.2, -0.15) is 5.26 Å². The molecular weight excluding hydrogens is 385 g/mol. The van der Waals surface area contributed by atoms with Crippen molar-refractivity contribution in [2.45, 2.75) is 62.4 Å². The molecule has 3 saturated heterocycles. The highest BCUT2D eigenvalue weighted by Crippen LogP contribution is 2.48. The van der Waals surface area contributed by atoms with Gasteiger partial charge in [-0.3, -0.25) is 14.5 Å². The van der Waals surface area contributed by atoms with Gasteiger partial charge in [-0.05, 0) is 49.8 Å². The predicted octanol–water partition coefficient (Wildman–Crippen LogP) is 1.01. The van der Waals surface area contributed by atoms with E-state index < -0.39 is 6.04 Å². The van der Waals surface area contributed by atoms with Crippen LogP contribution in [0, 0.1) is 23.1 Å². The van der Waals surface area contributed by atoms with Crippen molar-refractivity contribution < 1.29 is 14.0 Å². The summed E-state index contributed by atoms with van der Waals surface area (Å²) in [6.45, 7) is 2.90. The van der Waals surface area contributed by atoms with Gasteiger partial charge in [0.15, 0.2) is 0 Å².